The third-order valence-corrected chi connectivity index (χ3v) is 4.55. The second-order valence-electron chi connectivity index (χ2n) is 4.67. The van der Waals surface area contributed by atoms with E-state index in [2.05, 4.69) is 9.82 Å². The van der Waals surface area contributed by atoms with Crippen molar-refractivity contribution in [3.63, 3.8) is 0 Å². The Bertz CT molecular complexity index is 695. The van der Waals surface area contributed by atoms with Gasteiger partial charge >= 0.3 is 0 Å². The largest absolute Gasteiger partial charge is 0.269 e. The smallest absolute Gasteiger partial charge is 0.243 e. The van der Waals surface area contributed by atoms with E-state index in [0.717, 1.165) is 5.56 Å². The first-order chi connectivity index (χ1) is 9.40. The number of sulfonamides is 1. The quantitative estimate of drug-likeness (QED) is 0.922. The molecule has 0 aliphatic rings. The van der Waals surface area contributed by atoms with Crippen molar-refractivity contribution in [2.45, 2.75) is 31.3 Å². The maximum Gasteiger partial charge on any atom is 0.243 e. The second kappa shape index (κ2) is 5.95. The summed E-state index contributed by atoms with van der Waals surface area (Å²) in [5.41, 5.74) is 0.731. The number of hydrogen-bond donors (Lipinski definition) is 1. The molecule has 7 heteroatoms. The normalized spacial score (nSPS) is 12.0. The molecule has 0 fully saturated rings. The molecule has 1 N–H and O–H groups in total. The van der Waals surface area contributed by atoms with Crippen LogP contribution in [0.25, 0.3) is 0 Å². The van der Waals surface area contributed by atoms with Crippen molar-refractivity contribution in [3.8, 4) is 0 Å². The number of aromatic nitrogens is 2. The van der Waals surface area contributed by atoms with Gasteiger partial charge in [0.15, 0.2) is 0 Å². The molecule has 0 amide bonds. The Morgan fingerprint density at radius 3 is 2.65 bits per heavy atom. The molecule has 2 aromatic rings. The van der Waals surface area contributed by atoms with Crippen molar-refractivity contribution in [1.82, 2.24) is 14.5 Å². The third kappa shape index (κ3) is 3.39. The minimum Gasteiger partial charge on any atom is -0.269 e. The Morgan fingerprint density at radius 1 is 1.35 bits per heavy atom. The van der Waals surface area contributed by atoms with Crippen LogP contribution in [0.4, 0.5) is 0 Å². The molecule has 0 saturated carbocycles. The Morgan fingerprint density at radius 2 is 2.05 bits per heavy atom. The fourth-order valence-corrected chi connectivity index (χ4v) is 2.79. The Hall–Kier alpha value is -1.37. The van der Waals surface area contributed by atoms with Gasteiger partial charge in [-0.15, -0.1) is 0 Å². The predicted molar refractivity (Wildman–Crippen MR) is 78.1 cm³/mol. The molecular weight excluding hydrogens is 298 g/mol. The minimum atomic E-state index is -3.58. The van der Waals surface area contributed by atoms with E-state index >= 15 is 0 Å². The standard InChI is InChI=1S/C13H16ClN3O2S/c1-10(2)17-9-12(8-15-17)20(18,19)16-7-11-5-3-4-6-13(11)14/h3-6,8-10,16H,7H2,1-2H3. The van der Waals surface area contributed by atoms with E-state index in [1.54, 1.807) is 22.9 Å². The van der Waals surface area contributed by atoms with E-state index < -0.39 is 10.0 Å². The molecule has 108 valence electrons. The van der Waals surface area contributed by atoms with Crippen molar-refractivity contribution < 1.29 is 8.42 Å². The highest BCUT2D eigenvalue weighted by molar-refractivity contribution is 7.89. The summed E-state index contributed by atoms with van der Waals surface area (Å²) in [5, 5.41) is 4.56. The lowest BCUT2D eigenvalue weighted by Gasteiger charge is -2.06. The van der Waals surface area contributed by atoms with Crippen molar-refractivity contribution in [3.05, 3.63) is 47.2 Å². The molecule has 2 rings (SSSR count). The summed E-state index contributed by atoms with van der Waals surface area (Å²) in [4.78, 5) is 0.151. The zero-order valence-corrected chi connectivity index (χ0v) is 12.8. The number of benzene rings is 1. The lowest BCUT2D eigenvalue weighted by Crippen LogP contribution is -2.23. The zero-order chi connectivity index (χ0) is 14.8. The van der Waals surface area contributed by atoms with Crippen LogP contribution in [0.1, 0.15) is 25.5 Å². The van der Waals surface area contributed by atoms with Crippen LogP contribution in [0.5, 0.6) is 0 Å². The summed E-state index contributed by atoms with van der Waals surface area (Å²) in [6.07, 6.45) is 2.86. The fourth-order valence-electron chi connectivity index (χ4n) is 1.64. The van der Waals surface area contributed by atoms with E-state index in [1.807, 2.05) is 19.9 Å². The van der Waals surface area contributed by atoms with E-state index in [0.29, 0.717) is 5.02 Å². The molecule has 0 unspecified atom stereocenters. The molecular formula is C13H16ClN3O2S. The summed E-state index contributed by atoms with van der Waals surface area (Å²) in [7, 11) is -3.58. The van der Waals surface area contributed by atoms with Gasteiger partial charge in [0.2, 0.25) is 10.0 Å². The third-order valence-electron chi connectivity index (χ3n) is 2.83. The van der Waals surface area contributed by atoms with E-state index in [1.165, 1.54) is 12.4 Å². The molecule has 1 aromatic carbocycles. The van der Waals surface area contributed by atoms with Gasteiger partial charge in [0.05, 0.1) is 6.20 Å². The highest BCUT2D eigenvalue weighted by Gasteiger charge is 2.17. The molecule has 0 bridgehead atoms. The summed E-state index contributed by atoms with van der Waals surface area (Å²) < 4.78 is 28.4. The first kappa shape index (κ1) is 15.0. The summed E-state index contributed by atoms with van der Waals surface area (Å²) in [6.45, 7) is 4.01. The van der Waals surface area contributed by atoms with Gasteiger partial charge < -0.3 is 0 Å². The predicted octanol–water partition coefficient (Wildman–Crippen LogP) is 2.60. The van der Waals surface area contributed by atoms with Crippen LogP contribution in [-0.4, -0.2) is 18.2 Å². The first-order valence-electron chi connectivity index (χ1n) is 6.17. The Labute approximate surface area is 123 Å². The van der Waals surface area contributed by atoms with Crippen molar-refractivity contribution >= 4 is 21.6 Å². The topological polar surface area (TPSA) is 64.0 Å². The van der Waals surface area contributed by atoms with Gasteiger partial charge in [-0.3, -0.25) is 4.68 Å². The highest BCUT2D eigenvalue weighted by Crippen LogP contribution is 2.16. The van der Waals surface area contributed by atoms with E-state index in [9.17, 15) is 8.42 Å². The van der Waals surface area contributed by atoms with Gasteiger partial charge in [0, 0.05) is 23.8 Å². The van der Waals surface area contributed by atoms with Gasteiger partial charge in [0.25, 0.3) is 0 Å². The van der Waals surface area contributed by atoms with Crippen molar-refractivity contribution in [2.24, 2.45) is 0 Å². The lowest BCUT2D eigenvalue weighted by atomic mass is 10.2. The average Bonchev–Trinajstić information content (AvgIpc) is 2.88. The van der Waals surface area contributed by atoms with Crippen molar-refractivity contribution in [2.75, 3.05) is 0 Å². The minimum absolute atomic E-state index is 0.113. The van der Waals surface area contributed by atoms with Gasteiger partial charge in [-0.25, -0.2) is 13.1 Å². The number of halogens is 1. The van der Waals surface area contributed by atoms with Gasteiger partial charge in [0.1, 0.15) is 4.90 Å². The molecule has 0 radical (unpaired) electrons. The maximum absolute atomic E-state index is 12.1. The average molecular weight is 314 g/mol. The van der Waals surface area contributed by atoms with E-state index in [4.69, 9.17) is 11.6 Å². The van der Waals surface area contributed by atoms with Crippen LogP contribution in [0.3, 0.4) is 0 Å². The van der Waals surface area contributed by atoms with Gasteiger partial charge in [-0.2, -0.15) is 5.10 Å². The second-order valence-corrected chi connectivity index (χ2v) is 6.84. The summed E-state index contributed by atoms with van der Waals surface area (Å²) in [6, 6.07) is 7.23. The van der Waals surface area contributed by atoms with Gasteiger partial charge in [-0.1, -0.05) is 29.8 Å². The molecule has 5 nitrogen and oxygen atoms in total. The van der Waals surface area contributed by atoms with Gasteiger partial charge in [-0.05, 0) is 25.5 Å². The lowest BCUT2D eigenvalue weighted by molar-refractivity contribution is 0.531. The molecule has 1 heterocycles. The number of nitrogens with one attached hydrogen (secondary N) is 1. The highest BCUT2D eigenvalue weighted by atomic mass is 35.5. The van der Waals surface area contributed by atoms with Crippen LogP contribution >= 0.6 is 11.6 Å². The molecule has 0 atom stereocenters. The molecule has 0 saturated heterocycles. The van der Waals surface area contributed by atoms with Crippen molar-refractivity contribution in [1.29, 1.82) is 0 Å². The monoisotopic (exact) mass is 313 g/mol. The van der Waals surface area contributed by atoms with E-state index in [-0.39, 0.29) is 17.5 Å². The Kier molecular flexibility index (Phi) is 4.47. The number of hydrogen-bond acceptors (Lipinski definition) is 3. The SMILES string of the molecule is CC(C)n1cc(S(=O)(=O)NCc2ccccc2Cl)cn1. The molecule has 20 heavy (non-hydrogen) atoms. The maximum atomic E-state index is 12.1. The van der Waals surface area contributed by atoms with Crippen LogP contribution in [-0.2, 0) is 16.6 Å². The summed E-state index contributed by atoms with van der Waals surface area (Å²) >= 11 is 5.99. The molecule has 0 aliphatic heterocycles. The number of rotatable bonds is 5. The first-order valence-corrected chi connectivity index (χ1v) is 8.03. The van der Waals surface area contributed by atoms with Crippen LogP contribution in [0, 0.1) is 0 Å². The van der Waals surface area contributed by atoms with Crippen LogP contribution in [0.2, 0.25) is 5.02 Å². The van der Waals surface area contributed by atoms with Crippen LogP contribution in [0.15, 0.2) is 41.6 Å². The molecule has 0 aliphatic carbocycles. The number of nitrogens with zero attached hydrogens (tertiary/aromatic N) is 2. The van der Waals surface area contributed by atoms with Crippen LogP contribution < -0.4 is 4.72 Å². The Balaban J connectivity index is 2.13. The zero-order valence-electron chi connectivity index (χ0n) is 11.2. The molecule has 0 spiro atoms. The fraction of sp³-hybridized carbons (Fsp3) is 0.308. The molecule has 1 aromatic heterocycles. The summed E-state index contributed by atoms with van der Waals surface area (Å²) in [5.74, 6) is 0.